The molecule has 9 fully saturated rings. The standard InChI is InChI=1S/C12H15FN2O4.C11H15FN2O2.C10H14FNO4.C10H13FO3/c1-10(2)4-11(7(16)14-9(18)15-11)6-5(10)12(6,13)8(17)19-3;1-9(2)4-10(14,5-13)7-6(9)11(7,12)8(15)16-3;1-8(2)3-9(12,6(13)14)5-4(8)10(5,11)7(15)16;1-9(2)4-5(12)6-7(9)10(6,11)8(13)14-3/h5-6H,4H2,1-3H3,(H2,14,15,16,18);6-7H,4,14H2,1-3H3;4-5H,3,12H2,1-2H3,(H,13,14)(H,15,16);6-7H,4H2,1-3H3/t5?,6?,11-,12?;;;/m0.../s1. The van der Waals surface area contributed by atoms with Gasteiger partial charge in [0.15, 0.2) is 0 Å². The number of carboxylic acids is 2. The van der Waals surface area contributed by atoms with Gasteiger partial charge in [0, 0.05) is 47.8 Å². The number of carbonyl (C=O) groups is 8. The van der Waals surface area contributed by atoms with Gasteiger partial charge in [0.05, 0.1) is 33.3 Å². The first-order chi connectivity index (χ1) is 29.4. The molecule has 18 nitrogen and oxygen atoms in total. The number of hydrogen-bond acceptors (Lipinski definition) is 14. The number of fused-ring (bicyclic) bond motifs is 5. The van der Waals surface area contributed by atoms with Gasteiger partial charge in [-0.05, 0) is 40.9 Å². The Bertz CT molecular complexity index is 2250. The van der Waals surface area contributed by atoms with Crippen LogP contribution in [0.15, 0.2) is 0 Å². The van der Waals surface area contributed by atoms with Crippen LogP contribution in [0.25, 0.3) is 0 Å². The molecule has 0 aromatic rings. The van der Waals surface area contributed by atoms with E-state index < -0.39 is 150 Å². The molecule has 3 amide bonds. The van der Waals surface area contributed by atoms with E-state index in [1.54, 1.807) is 27.7 Å². The van der Waals surface area contributed by atoms with Crippen molar-refractivity contribution in [2.45, 2.75) is 120 Å². The molecule has 9 aliphatic rings. The van der Waals surface area contributed by atoms with Gasteiger partial charge in [-0.15, -0.1) is 0 Å². The second-order valence-corrected chi connectivity index (χ2v) is 22.2. The summed E-state index contributed by atoms with van der Waals surface area (Å²) < 4.78 is 70.9. The third kappa shape index (κ3) is 6.35. The number of aliphatic carboxylic acids is 2. The molecule has 8 saturated carbocycles. The smallest absolute Gasteiger partial charge is 0.344 e. The normalized spacial score (nSPS) is 46.4. The monoisotopic (exact) mass is 927 g/mol. The lowest BCUT2D eigenvalue weighted by molar-refractivity contribution is -0.152. The number of nitrogens with zero attached hydrogens (tertiary/aromatic N) is 1. The van der Waals surface area contributed by atoms with Crippen LogP contribution in [0.3, 0.4) is 0 Å². The van der Waals surface area contributed by atoms with Gasteiger partial charge in [0.2, 0.25) is 22.7 Å². The van der Waals surface area contributed by atoms with Crippen molar-refractivity contribution in [1.82, 2.24) is 10.6 Å². The number of rotatable bonds is 5. The number of amides is 3. The number of Topliss-reactive ketones (excluding diaryl/α,β-unsaturated/α-hetero) is 1. The molecule has 360 valence electrons. The van der Waals surface area contributed by atoms with E-state index in [-0.39, 0.29) is 12.2 Å². The van der Waals surface area contributed by atoms with E-state index in [9.17, 15) is 55.9 Å². The van der Waals surface area contributed by atoms with Crippen molar-refractivity contribution in [1.29, 1.82) is 5.26 Å². The number of ether oxygens (including phenoxy) is 3. The minimum absolute atomic E-state index is 0.101. The van der Waals surface area contributed by atoms with Crippen LogP contribution < -0.4 is 22.1 Å². The number of alkyl halides is 4. The molecule has 1 heterocycles. The Morgan fingerprint density at radius 2 is 1.05 bits per heavy atom. The summed E-state index contributed by atoms with van der Waals surface area (Å²) in [4.78, 5) is 91.1. The number of nitriles is 1. The van der Waals surface area contributed by atoms with Crippen molar-refractivity contribution >= 4 is 47.6 Å². The van der Waals surface area contributed by atoms with Crippen LogP contribution in [-0.2, 0) is 47.8 Å². The molecule has 1 aliphatic heterocycles. The van der Waals surface area contributed by atoms with Gasteiger partial charge >= 0.3 is 35.9 Å². The molecule has 0 radical (unpaired) electrons. The van der Waals surface area contributed by atoms with Gasteiger partial charge in [-0.1, -0.05) is 55.4 Å². The summed E-state index contributed by atoms with van der Waals surface area (Å²) in [6, 6.07) is 1.31. The summed E-state index contributed by atoms with van der Waals surface area (Å²) in [5.74, 6) is -12.2. The lowest BCUT2D eigenvalue weighted by atomic mass is 9.78. The zero-order valence-electron chi connectivity index (χ0n) is 37.9. The number of nitrogens with two attached hydrogens (primary N) is 2. The predicted octanol–water partition coefficient (Wildman–Crippen LogP) is 2.24. The summed E-state index contributed by atoms with van der Waals surface area (Å²) in [6.07, 6.45) is 1.19. The average molecular weight is 928 g/mol. The number of urea groups is 1. The van der Waals surface area contributed by atoms with Crippen LogP contribution in [0.4, 0.5) is 22.4 Å². The molecular formula is C43H57F4N5O13. The highest BCUT2D eigenvalue weighted by Gasteiger charge is 2.90. The predicted molar refractivity (Wildman–Crippen MR) is 212 cm³/mol. The Morgan fingerprint density at radius 3 is 1.43 bits per heavy atom. The summed E-state index contributed by atoms with van der Waals surface area (Å²) in [6.45, 7) is 14.2. The average Bonchev–Trinajstić information content (AvgIpc) is 4.12. The lowest BCUT2D eigenvalue weighted by Gasteiger charge is -2.31. The van der Waals surface area contributed by atoms with Crippen LogP contribution in [-0.4, -0.2) is 118 Å². The third-order valence-corrected chi connectivity index (χ3v) is 16.1. The first kappa shape index (κ1) is 49.5. The molecule has 8 aliphatic carbocycles. The van der Waals surface area contributed by atoms with Crippen molar-refractivity contribution in [2.75, 3.05) is 21.3 Å². The van der Waals surface area contributed by atoms with Crippen molar-refractivity contribution in [3.05, 3.63) is 0 Å². The van der Waals surface area contributed by atoms with E-state index in [0.29, 0.717) is 19.3 Å². The van der Waals surface area contributed by atoms with Crippen molar-refractivity contribution < 1.29 is 80.3 Å². The molecule has 0 bridgehead atoms. The minimum Gasteiger partial charge on any atom is -0.480 e. The highest BCUT2D eigenvalue weighted by molar-refractivity contribution is 6.09. The molecule has 0 aromatic heterocycles. The second kappa shape index (κ2) is 14.1. The molecule has 9 rings (SSSR count). The topological polar surface area (TPSA) is 305 Å². The number of hydrogen-bond donors (Lipinski definition) is 6. The number of carbonyl (C=O) groups excluding carboxylic acids is 6. The van der Waals surface area contributed by atoms with Gasteiger partial charge in [-0.3, -0.25) is 19.7 Å². The number of carboxylic acid groups (broad SMARTS) is 2. The molecule has 1 saturated heterocycles. The summed E-state index contributed by atoms with van der Waals surface area (Å²) in [5.41, 5.74) is -3.69. The van der Waals surface area contributed by atoms with Crippen LogP contribution in [0, 0.1) is 80.3 Å². The van der Waals surface area contributed by atoms with E-state index in [1.807, 2.05) is 33.8 Å². The van der Waals surface area contributed by atoms with Gasteiger partial charge in [0.1, 0.15) is 22.4 Å². The van der Waals surface area contributed by atoms with E-state index in [4.69, 9.17) is 26.9 Å². The largest absolute Gasteiger partial charge is 0.480 e. The number of ketones is 1. The third-order valence-electron chi connectivity index (χ3n) is 16.1. The van der Waals surface area contributed by atoms with Crippen LogP contribution >= 0.6 is 0 Å². The van der Waals surface area contributed by atoms with E-state index >= 15 is 0 Å². The van der Waals surface area contributed by atoms with Crippen molar-refractivity contribution in [3.63, 3.8) is 0 Å². The van der Waals surface area contributed by atoms with E-state index in [0.717, 1.165) is 21.3 Å². The molecule has 22 heteroatoms. The number of halogens is 4. The molecule has 15 atom stereocenters. The maximum absolute atomic E-state index is 14.9. The Hall–Kier alpha value is -4.91. The molecule has 8 N–H and O–H groups in total. The zero-order valence-corrected chi connectivity index (χ0v) is 37.9. The fourth-order valence-electron chi connectivity index (χ4n) is 14.1. The molecule has 0 aromatic carbocycles. The van der Waals surface area contributed by atoms with Gasteiger partial charge in [0.25, 0.3) is 5.91 Å². The number of nitrogens with one attached hydrogen (secondary N) is 2. The Morgan fingerprint density at radius 1 is 0.615 bits per heavy atom. The maximum Gasteiger partial charge on any atom is 0.344 e. The van der Waals surface area contributed by atoms with Gasteiger partial charge in [-0.25, -0.2) is 41.5 Å². The first-order valence-electron chi connectivity index (χ1n) is 21.0. The second-order valence-electron chi connectivity index (χ2n) is 22.2. The highest BCUT2D eigenvalue weighted by Crippen LogP contribution is 2.76. The number of imide groups is 1. The van der Waals surface area contributed by atoms with Crippen molar-refractivity contribution in [3.8, 4) is 6.07 Å². The highest BCUT2D eigenvalue weighted by atomic mass is 19.2. The molecule has 1 spiro atoms. The molecule has 14 unspecified atom stereocenters. The van der Waals surface area contributed by atoms with E-state index in [1.165, 1.54) is 0 Å². The zero-order chi connectivity index (χ0) is 49.8. The first-order valence-corrected chi connectivity index (χ1v) is 21.0. The van der Waals surface area contributed by atoms with Gasteiger partial charge < -0.3 is 41.2 Å². The van der Waals surface area contributed by atoms with Gasteiger partial charge in [-0.2, -0.15) is 5.26 Å². The summed E-state index contributed by atoms with van der Waals surface area (Å²) >= 11 is 0. The van der Waals surface area contributed by atoms with E-state index in [2.05, 4.69) is 24.8 Å². The van der Waals surface area contributed by atoms with Crippen molar-refractivity contribution in [2.24, 2.45) is 80.5 Å². The summed E-state index contributed by atoms with van der Waals surface area (Å²) in [5, 5.41) is 31.6. The fraction of sp³-hybridized carbons (Fsp3) is 0.791. The number of esters is 3. The molecule has 65 heavy (non-hydrogen) atoms. The quantitative estimate of drug-likeness (QED) is 0.0997. The van der Waals surface area contributed by atoms with Crippen LogP contribution in [0.1, 0.15) is 81.1 Å². The maximum atomic E-state index is 14.9. The Labute approximate surface area is 371 Å². The minimum atomic E-state index is -2.48. The fourth-order valence-corrected chi connectivity index (χ4v) is 14.1. The lowest BCUT2D eigenvalue weighted by Crippen LogP contribution is -2.53. The SMILES string of the molecule is CC1(C)CC(N)(C(=O)O)C2C1C2(F)C(=O)O.COC(=O)C1(F)C2C(=O)CC(C)(C)C21.COC(=O)C1(F)C2C1C(N)(C#N)CC2(C)C.COC(=O)C1(F)C2C1[C@]1(CC2(C)C)NC(=O)NC1=O. The summed E-state index contributed by atoms with van der Waals surface area (Å²) in [7, 11) is 3.41. The van der Waals surface area contributed by atoms with Crippen LogP contribution in [0.2, 0.25) is 0 Å². The van der Waals surface area contributed by atoms with Crippen LogP contribution in [0.5, 0.6) is 0 Å². The Balaban J connectivity index is 0.000000144. The number of methoxy groups -OCH3 is 3. The molecular weight excluding hydrogens is 870 g/mol. The Kier molecular flexibility index (Phi) is 10.7.